The van der Waals surface area contributed by atoms with Gasteiger partial charge in [0.25, 0.3) is 10.0 Å². The number of aromatic nitrogens is 2. The zero-order chi connectivity index (χ0) is 14.9. The van der Waals surface area contributed by atoms with Crippen molar-refractivity contribution in [2.75, 3.05) is 4.72 Å². The Labute approximate surface area is 120 Å². The van der Waals surface area contributed by atoms with Crippen LogP contribution in [0.15, 0.2) is 29.4 Å². The first kappa shape index (κ1) is 14.4. The Morgan fingerprint density at radius 3 is 2.70 bits per heavy atom. The highest BCUT2D eigenvalue weighted by molar-refractivity contribution is 7.92. The Balaban J connectivity index is 2.39. The number of carbonyl (C=O) groups is 1. The van der Waals surface area contributed by atoms with Gasteiger partial charge in [-0.25, -0.2) is 4.98 Å². The number of aromatic amines is 1. The maximum absolute atomic E-state index is 12.1. The Hall–Kier alpha value is -2.06. The number of rotatable bonds is 4. The Bertz CT molecular complexity index is 770. The van der Waals surface area contributed by atoms with Gasteiger partial charge in [0.15, 0.2) is 5.03 Å². The normalized spacial score (nSPS) is 11.3. The highest BCUT2D eigenvalue weighted by Crippen LogP contribution is 2.25. The molecule has 0 unspecified atom stereocenters. The van der Waals surface area contributed by atoms with Crippen LogP contribution in [0.5, 0.6) is 0 Å². The van der Waals surface area contributed by atoms with Gasteiger partial charge in [-0.3, -0.25) is 9.52 Å². The first-order valence-electron chi connectivity index (χ1n) is 5.43. The number of imidazole rings is 1. The molecule has 0 atom stereocenters. The molecule has 9 heteroatoms. The van der Waals surface area contributed by atoms with Crippen LogP contribution in [0.2, 0.25) is 5.02 Å². The second kappa shape index (κ2) is 5.14. The fourth-order valence-electron chi connectivity index (χ4n) is 1.49. The van der Waals surface area contributed by atoms with E-state index in [4.69, 9.17) is 17.3 Å². The minimum Gasteiger partial charge on any atom is -0.366 e. The highest BCUT2D eigenvalue weighted by atomic mass is 35.5. The molecule has 1 aromatic heterocycles. The number of sulfonamides is 1. The standard InChI is InChI=1S/C11H11ClN4O3S/c1-6-14-5-10(15-6)20(18,19)16-9-4-7(11(13)17)2-3-8(9)12/h2-5,16H,1H3,(H2,13,17)(H,14,15). The molecule has 0 fully saturated rings. The van der Waals surface area contributed by atoms with Gasteiger partial charge in [-0.15, -0.1) is 0 Å². The predicted octanol–water partition coefficient (Wildman–Crippen LogP) is 1.27. The molecular formula is C11H11ClN4O3S. The molecule has 2 rings (SSSR count). The van der Waals surface area contributed by atoms with Gasteiger partial charge in [0.05, 0.1) is 16.9 Å². The van der Waals surface area contributed by atoms with E-state index in [0.717, 1.165) is 0 Å². The molecule has 1 amide bonds. The van der Waals surface area contributed by atoms with Crippen molar-refractivity contribution in [3.05, 3.63) is 40.8 Å². The molecule has 0 aliphatic carbocycles. The van der Waals surface area contributed by atoms with Crippen LogP contribution in [0.4, 0.5) is 5.69 Å². The van der Waals surface area contributed by atoms with E-state index in [1.54, 1.807) is 6.92 Å². The number of aryl methyl sites for hydroxylation is 1. The van der Waals surface area contributed by atoms with Crippen LogP contribution < -0.4 is 10.5 Å². The zero-order valence-corrected chi connectivity index (χ0v) is 11.9. The van der Waals surface area contributed by atoms with Crippen LogP contribution in [-0.4, -0.2) is 24.3 Å². The summed E-state index contributed by atoms with van der Waals surface area (Å²) in [4.78, 5) is 17.5. The minimum atomic E-state index is -3.86. The van der Waals surface area contributed by atoms with Crippen molar-refractivity contribution in [1.29, 1.82) is 0 Å². The summed E-state index contributed by atoms with van der Waals surface area (Å²) in [5.74, 6) is -0.221. The van der Waals surface area contributed by atoms with Gasteiger partial charge in [-0.05, 0) is 25.1 Å². The van der Waals surface area contributed by atoms with Crippen LogP contribution in [0, 0.1) is 6.92 Å². The molecule has 0 saturated carbocycles. The fraction of sp³-hybridized carbons (Fsp3) is 0.0909. The van der Waals surface area contributed by atoms with Gasteiger partial charge < -0.3 is 10.7 Å². The third-order valence-electron chi connectivity index (χ3n) is 2.46. The second-order valence-corrected chi connectivity index (χ2v) is 6.06. The molecule has 0 saturated heterocycles. The molecule has 4 N–H and O–H groups in total. The van der Waals surface area contributed by atoms with Crippen LogP contribution in [0.3, 0.4) is 0 Å². The Kier molecular flexibility index (Phi) is 3.69. The lowest BCUT2D eigenvalue weighted by Gasteiger charge is -2.09. The summed E-state index contributed by atoms with van der Waals surface area (Å²) in [6, 6.07) is 4.06. The molecule has 0 radical (unpaired) electrons. The van der Waals surface area contributed by atoms with E-state index in [9.17, 15) is 13.2 Å². The summed E-state index contributed by atoms with van der Waals surface area (Å²) in [6.45, 7) is 1.62. The molecule has 1 aromatic carbocycles. The molecule has 1 heterocycles. The molecule has 0 aliphatic rings. The van der Waals surface area contributed by atoms with Crippen LogP contribution >= 0.6 is 11.6 Å². The summed E-state index contributed by atoms with van der Waals surface area (Å²) < 4.78 is 26.5. The van der Waals surface area contributed by atoms with E-state index < -0.39 is 15.9 Å². The number of H-pyrrole nitrogens is 1. The van der Waals surface area contributed by atoms with Crippen LogP contribution in [0.25, 0.3) is 0 Å². The van der Waals surface area contributed by atoms with Gasteiger partial charge in [0, 0.05) is 5.56 Å². The minimum absolute atomic E-state index is 0.0650. The summed E-state index contributed by atoms with van der Waals surface area (Å²) in [5.41, 5.74) is 5.35. The molecule has 20 heavy (non-hydrogen) atoms. The number of primary amides is 1. The topological polar surface area (TPSA) is 118 Å². The second-order valence-electron chi connectivity index (χ2n) is 4.00. The molecule has 2 aromatic rings. The first-order chi connectivity index (χ1) is 9.29. The number of nitrogens with zero attached hydrogens (tertiary/aromatic N) is 1. The van der Waals surface area contributed by atoms with E-state index in [2.05, 4.69) is 14.7 Å². The summed E-state index contributed by atoms with van der Waals surface area (Å²) >= 11 is 5.89. The smallest absolute Gasteiger partial charge is 0.279 e. The lowest BCUT2D eigenvalue weighted by Crippen LogP contribution is -2.15. The van der Waals surface area contributed by atoms with Crippen molar-refractivity contribution in [3.63, 3.8) is 0 Å². The number of amides is 1. The number of hydrogen-bond acceptors (Lipinski definition) is 4. The van der Waals surface area contributed by atoms with Crippen LogP contribution in [-0.2, 0) is 10.0 Å². The molecular weight excluding hydrogens is 304 g/mol. The first-order valence-corrected chi connectivity index (χ1v) is 7.29. The molecule has 0 aliphatic heterocycles. The van der Waals surface area contributed by atoms with Gasteiger partial charge in [0.2, 0.25) is 5.91 Å². The van der Waals surface area contributed by atoms with Gasteiger partial charge >= 0.3 is 0 Å². The largest absolute Gasteiger partial charge is 0.366 e. The van der Waals surface area contributed by atoms with Crippen molar-refractivity contribution in [2.24, 2.45) is 5.73 Å². The van der Waals surface area contributed by atoms with Gasteiger partial charge in [-0.1, -0.05) is 11.6 Å². The number of nitrogens with two attached hydrogens (primary N) is 1. The Morgan fingerprint density at radius 2 is 2.15 bits per heavy atom. The summed E-state index contributed by atoms with van der Waals surface area (Å²) in [5, 5.41) is 0.0466. The maximum atomic E-state index is 12.1. The summed E-state index contributed by atoms with van der Waals surface area (Å²) in [7, 11) is -3.86. The van der Waals surface area contributed by atoms with E-state index in [0.29, 0.717) is 5.82 Å². The number of carbonyl (C=O) groups excluding carboxylic acids is 1. The lowest BCUT2D eigenvalue weighted by molar-refractivity contribution is 0.100. The quantitative estimate of drug-likeness (QED) is 0.787. The number of anilines is 1. The number of halogens is 1. The molecule has 106 valence electrons. The number of nitrogens with one attached hydrogen (secondary N) is 2. The third-order valence-corrected chi connectivity index (χ3v) is 4.07. The van der Waals surface area contributed by atoms with Crippen LogP contribution in [0.1, 0.15) is 16.2 Å². The third kappa shape index (κ3) is 2.91. The average Bonchev–Trinajstić information content (AvgIpc) is 2.79. The Morgan fingerprint density at radius 1 is 1.45 bits per heavy atom. The molecule has 7 nitrogen and oxygen atoms in total. The van der Waals surface area contributed by atoms with Crippen molar-refractivity contribution < 1.29 is 13.2 Å². The summed E-state index contributed by atoms with van der Waals surface area (Å²) in [6.07, 6.45) is 1.18. The van der Waals surface area contributed by atoms with E-state index in [1.807, 2.05) is 0 Å². The van der Waals surface area contributed by atoms with Crippen molar-refractivity contribution in [3.8, 4) is 0 Å². The fourth-order valence-corrected chi connectivity index (χ4v) is 2.75. The monoisotopic (exact) mass is 314 g/mol. The van der Waals surface area contributed by atoms with E-state index >= 15 is 0 Å². The zero-order valence-electron chi connectivity index (χ0n) is 10.3. The van der Waals surface area contributed by atoms with Crippen molar-refractivity contribution in [1.82, 2.24) is 9.97 Å². The number of benzene rings is 1. The maximum Gasteiger partial charge on any atom is 0.279 e. The van der Waals surface area contributed by atoms with Crippen molar-refractivity contribution >= 4 is 33.2 Å². The lowest BCUT2D eigenvalue weighted by atomic mass is 10.2. The van der Waals surface area contributed by atoms with E-state index in [-0.39, 0.29) is 21.3 Å². The highest BCUT2D eigenvalue weighted by Gasteiger charge is 2.18. The average molecular weight is 315 g/mol. The predicted molar refractivity (Wildman–Crippen MR) is 74.1 cm³/mol. The number of hydrogen-bond donors (Lipinski definition) is 3. The van der Waals surface area contributed by atoms with Crippen molar-refractivity contribution in [2.45, 2.75) is 11.9 Å². The SMILES string of the molecule is Cc1ncc(S(=O)(=O)Nc2cc(C(N)=O)ccc2Cl)[nH]1. The van der Waals surface area contributed by atoms with Gasteiger partial charge in [-0.2, -0.15) is 8.42 Å². The molecule has 0 spiro atoms. The molecule has 0 bridgehead atoms. The van der Waals surface area contributed by atoms with E-state index in [1.165, 1.54) is 24.4 Å². The van der Waals surface area contributed by atoms with Gasteiger partial charge in [0.1, 0.15) is 5.82 Å².